The lowest BCUT2D eigenvalue weighted by atomic mass is 10.4. The van der Waals surface area contributed by atoms with E-state index in [9.17, 15) is 4.79 Å². The van der Waals surface area contributed by atoms with Gasteiger partial charge in [0.25, 0.3) is 0 Å². The first-order chi connectivity index (χ1) is 5.16. The Morgan fingerprint density at radius 2 is 2.45 bits per heavy atom. The van der Waals surface area contributed by atoms with Crippen LogP contribution in [0.1, 0.15) is 10.4 Å². The van der Waals surface area contributed by atoms with Crippen LogP contribution in [0.4, 0.5) is 5.82 Å². The van der Waals surface area contributed by atoms with Crippen molar-refractivity contribution in [2.75, 3.05) is 12.0 Å². The number of aromatic nitrogens is 2. The maximum absolute atomic E-state index is 11.1. The molecular weight excluding hydrogens is 162 g/mol. The summed E-state index contributed by atoms with van der Waals surface area (Å²) in [5.41, 5.74) is 6.03. The third-order valence-electron chi connectivity index (χ3n) is 1.39. The Labute approximate surface area is 68.8 Å². The second-order valence-electron chi connectivity index (χ2n) is 2.06. The van der Waals surface area contributed by atoms with E-state index in [1.165, 1.54) is 10.9 Å². The van der Waals surface area contributed by atoms with Crippen LogP contribution in [0.5, 0.6) is 0 Å². The van der Waals surface area contributed by atoms with Gasteiger partial charge in [0.1, 0.15) is 5.82 Å². The number of nitrogen functional groups attached to an aromatic ring is 1. The lowest BCUT2D eigenvalue weighted by Gasteiger charge is -1.95. The summed E-state index contributed by atoms with van der Waals surface area (Å²) >= 11 is 1.13. The lowest BCUT2D eigenvalue weighted by Crippen LogP contribution is -2.01. The molecule has 0 unspecified atom stereocenters. The van der Waals surface area contributed by atoms with Crippen molar-refractivity contribution in [2.45, 2.75) is 0 Å². The minimum atomic E-state index is -0.0457. The van der Waals surface area contributed by atoms with E-state index in [4.69, 9.17) is 5.73 Å². The summed E-state index contributed by atoms with van der Waals surface area (Å²) in [6, 6.07) is 0. The van der Waals surface area contributed by atoms with Crippen LogP contribution in [0, 0.1) is 0 Å². The number of hydrogen-bond donors (Lipinski definition) is 1. The molecule has 0 spiro atoms. The molecule has 4 nitrogen and oxygen atoms in total. The van der Waals surface area contributed by atoms with Crippen molar-refractivity contribution in [1.29, 1.82) is 0 Å². The Bertz CT molecular complexity index is 281. The number of thioether (sulfide) groups is 1. The fourth-order valence-electron chi connectivity index (χ4n) is 0.714. The number of nitrogens with two attached hydrogens (primary N) is 1. The van der Waals surface area contributed by atoms with Crippen LogP contribution >= 0.6 is 11.8 Å². The number of anilines is 1. The van der Waals surface area contributed by atoms with Gasteiger partial charge in [0.15, 0.2) is 0 Å². The molecule has 0 aliphatic carbocycles. The van der Waals surface area contributed by atoms with E-state index in [2.05, 4.69) is 5.10 Å². The van der Waals surface area contributed by atoms with Crippen molar-refractivity contribution in [1.82, 2.24) is 9.78 Å². The molecule has 11 heavy (non-hydrogen) atoms. The monoisotopic (exact) mass is 171 g/mol. The largest absolute Gasteiger partial charge is 0.383 e. The van der Waals surface area contributed by atoms with Crippen molar-refractivity contribution >= 4 is 22.7 Å². The van der Waals surface area contributed by atoms with Crippen molar-refractivity contribution in [3.63, 3.8) is 0 Å². The fourth-order valence-corrected chi connectivity index (χ4v) is 1.09. The molecule has 1 heterocycles. The van der Waals surface area contributed by atoms with Crippen LogP contribution in [-0.2, 0) is 7.05 Å². The highest BCUT2D eigenvalue weighted by Gasteiger charge is 2.11. The predicted octanol–water partition coefficient (Wildman–Crippen LogP) is 0.506. The van der Waals surface area contributed by atoms with E-state index < -0.39 is 0 Å². The summed E-state index contributed by atoms with van der Waals surface area (Å²) in [4.78, 5) is 11.1. The second kappa shape index (κ2) is 2.96. The summed E-state index contributed by atoms with van der Waals surface area (Å²) in [5, 5.41) is 3.80. The summed E-state index contributed by atoms with van der Waals surface area (Å²) in [6.07, 6.45) is 3.20. The molecule has 1 aromatic rings. The number of carbonyl (C=O) groups excluding carboxylic acids is 1. The van der Waals surface area contributed by atoms with E-state index >= 15 is 0 Å². The average Bonchev–Trinajstić information content (AvgIpc) is 2.32. The maximum Gasteiger partial charge on any atom is 0.224 e. The molecule has 1 rings (SSSR count). The average molecular weight is 171 g/mol. The summed E-state index contributed by atoms with van der Waals surface area (Å²) in [5.74, 6) is 0.421. The molecule has 2 N–H and O–H groups in total. The Morgan fingerprint density at radius 1 is 1.82 bits per heavy atom. The Kier molecular flexibility index (Phi) is 2.19. The zero-order chi connectivity index (χ0) is 8.43. The van der Waals surface area contributed by atoms with Crippen LogP contribution < -0.4 is 5.73 Å². The molecule has 0 fully saturated rings. The number of rotatable bonds is 1. The molecule has 1 aromatic heterocycles. The molecule has 0 atom stereocenters. The van der Waals surface area contributed by atoms with Crippen molar-refractivity contribution in [3.05, 3.63) is 11.8 Å². The van der Waals surface area contributed by atoms with Gasteiger partial charge in [0.05, 0.1) is 11.8 Å². The molecule has 5 heteroatoms. The predicted molar refractivity (Wildman–Crippen MR) is 45.5 cm³/mol. The zero-order valence-electron chi connectivity index (χ0n) is 6.37. The van der Waals surface area contributed by atoms with Crippen LogP contribution in [-0.4, -0.2) is 21.2 Å². The molecule has 0 aliphatic heterocycles. The molecule has 0 bridgehead atoms. The third-order valence-corrected chi connectivity index (χ3v) is 1.98. The molecule has 0 radical (unpaired) electrons. The fraction of sp³-hybridized carbons (Fsp3) is 0.333. The van der Waals surface area contributed by atoms with E-state index in [0.29, 0.717) is 11.4 Å². The number of carbonyl (C=O) groups is 1. The Morgan fingerprint density at radius 3 is 2.82 bits per heavy atom. The lowest BCUT2D eigenvalue weighted by molar-refractivity contribution is 0.109. The standard InChI is InChI=1S/C6H9N3OS/c1-9-5(7)4(3-8-9)6(10)11-2/h3H,7H2,1-2H3. The first-order valence-electron chi connectivity index (χ1n) is 3.02. The van der Waals surface area contributed by atoms with Gasteiger partial charge in [-0.1, -0.05) is 11.8 Å². The van der Waals surface area contributed by atoms with Gasteiger partial charge in [-0.25, -0.2) is 0 Å². The molecule has 0 amide bonds. The summed E-state index contributed by atoms with van der Waals surface area (Å²) < 4.78 is 1.48. The topological polar surface area (TPSA) is 60.9 Å². The smallest absolute Gasteiger partial charge is 0.224 e. The van der Waals surface area contributed by atoms with Crippen molar-refractivity contribution < 1.29 is 4.79 Å². The van der Waals surface area contributed by atoms with Crippen LogP contribution in [0.15, 0.2) is 6.20 Å². The van der Waals surface area contributed by atoms with Gasteiger partial charge in [0.2, 0.25) is 5.12 Å². The number of aryl methyl sites for hydroxylation is 1. The summed E-state index contributed by atoms with van der Waals surface area (Å²) in [6.45, 7) is 0. The first kappa shape index (κ1) is 8.13. The van der Waals surface area contributed by atoms with E-state index in [1.807, 2.05) is 0 Å². The van der Waals surface area contributed by atoms with Gasteiger partial charge < -0.3 is 5.73 Å². The van der Waals surface area contributed by atoms with Crippen molar-refractivity contribution in [2.24, 2.45) is 7.05 Å². The maximum atomic E-state index is 11.1. The van der Waals surface area contributed by atoms with E-state index in [-0.39, 0.29) is 5.12 Å². The van der Waals surface area contributed by atoms with Crippen LogP contribution in [0.25, 0.3) is 0 Å². The SMILES string of the molecule is CSC(=O)c1cnn(C)c1N. The van der Waals surface area contributed by atoms with Gasteiger partial charge in [-0.15, -0.1) is 0 Å². The molecule has 60 valence electrons. The minimum Gasteiger partial charge on any atom is -0.383 e. The Balaban J connectivity index is 3.04. The zero-order valence-corrected chi connectivity index (χ0v) is 7.18. The van der Waals surface area contributed by atoms with Crippen LogP contribution in [0.3, 0.4) is 0 Å². The normalized spacial score (nSPS) is 10.0. The van der Waals surface area contributed by atoms with Crippen LogP contribution in [0.2, 0.25) is 0 Å². The molecule has 0 saturated heterocycles. The highest BCUT2D eigenvalue weighted by atomic mass is 32.2. The van der Waals surface area contributed by atoms with E-state index in [1.54, 1.807) is 13.3 Å². The second-order valence-corrected chi connectivity index (χ2v) is 2.84. The van der Waals surface area contributed by atoms with Crippen molar-refractivity contribution in [3.8, 4) is 0 Å². The molecular formula is C6H9N3OS. The van der Waals surface area contributed by atoms with Gasteiger partial charge >= 0.3 is 0 Å². The third kappa shape index (κ3) is 1.37. The van der Waals surface area contributed by atoms with Gasteiger partial charge in [-0.2, -0.15) is 5.10 Å². The number of nitrogens with zero attached hydrogens (tertiary/aromatic N) is 2. The first-order valence-corrected chi connectivity index (χ1v) is 4.25. The van der Waals surface area contributed by atoms with Gasteiger partial charge in [-0.05, 0) is 6.26 Å². The summed E-state index contributed by atoms with van der Waals surface area (Å²) in [7, 11) is 1.70. The molecule has 0 aliphatic rings. The van der Waals surface area contributed by atoms with E-state index in [0.717, 1.165) is 11.8 Å². The molecule has 0 aromatic carbocycles. The van der Waals surface area contributed by atoms with Gasteiger partial charge in [0, 0.05) is 7.05 Å². The quantitative estimate of drug-likeness (QED) is 0.668. The Hall–Kier alpha value is -0.970. The molecule has 0 saturated carbocycles. The number of hydrogen-bond acceptors (Lipinski definition) is 4. The van der Waals surface area contributed by atoms with Gasteiger partial charge in [-0.3, -0.25) is 9.48 Å². The highest BCUT2D eigenvalue weighted by molar-refractivity contribution is 8.13. The minimum absolute atomic E-state index is 0.0457. The highest BCUT2D eigenvalue weighted by Crippen LogP contribution is 2.15.